The molecule has 8 rings (SSSR count). The minimum atomic E-state index is 0.00464. The molecule has 0 saturated heterocycles. The van der Waals surface area contributed by atoms with Crippen molar-refractivity contribution in [2.45, 2.75) is 52.4 Å². The first-order valence-corrected chi connectivity index (χ1v) is 16.6. The summed E-state index contributed by atoms with van der Waals surface area (Å²) in [6.07, 6.45) is 0. The van der Waals surface area contributed by atoms with Gasteiger partial charge in [0.05, 0.1) is 33.4 Å². The molecule has 2 heterocycles. The van der Waals surface area contributed by atoms with Gasteiger partial charge in [0.1, 0.15) is 0 Å². The van der Waals surface area contributed by atoms with Gasteiger partial charge < -0.3 is 14.9 Å². The third kappa shape index (κ3) is 4.56. The number of benzene rings is 6. The first-order valence-electron chi connectivity index (χ1n) is 16.6. The van der Waals surface area contributed by atoms with Crippen LogP contribution in [-0.4, -0.2) is 9.13 Å². The average molecular weight is 612 g/mol. The fourth-order valence-electron chi connectivity index (χ4n) is 7.29. The molecule has 232 valence electrons. The lowest BCUT2D eigenvalue weighted by atomic mass is 9.78. The molecule has 6 aromatic carbocycles. The summed E-state index contributed by atoms with van der Waals surface area (Å²) in [4.78, 5) is 0. The molecule has 3 nitrogen and oxygen atoms in total. The zero-order chi connectivity index (χ0) is 32.7. The maximum atomic E-state index is 7.46. The maximum absolute atomic E-state index is 7.46. The Hall–Kier alpha value is -5.28. The number of rotatable bonds is 3. The van der Waals surface area contributed by atoms with Gasteiger partial charge in [-0.25, -0.2) is 0 Å². The molecule has 0 saturated carbocycles. The van der Waals surface area contributed by atoms with E-state index in [0.29, 0.717) is 0 Å². The second-order valence-electron chi connectivity index (χ2n) is 14.9. The molecule has 0 atom stereocenters. The van der Waals surface area contributed by atoms with E-state index in [9.17, 15) is 0 Å². The molecule has 0 aliphatic rings. The first-order chi connectivity index (χ1) is 22.5. The predicted octanol–water partition coefficient (Wildman–Crippen LogP) is 11.7. The molecular formula is C44H41N3. The topological polar surface area (TPSA) is 35.9 Å². The Labute approximate surface area is 276 Å². The summed E-state index contributed by atoms with van der Waals surface area (Å²) in [5.41, 5.74) is 20.0. The lowest BCUT2D eigenvalue weighted by Gasteiger charge is -2.26. The highest BCUT2D eigenvalue weighted by Crippen LogP contribution is 2.45. The number of fused-ring (bicyclic) bond motifs is 6. The van der Waals surface area contributed by atoms with Crippen LogP contribution >= 0.6 is 0 Å². The zero-order valence-electron chi connectivity index (χ0n) is 28.1. The molecular weight excluding hydrogens is 571 g/mol. The molecule has 47 heavy (non-hydrogen) atoms. The number of aromatic nitrogens is 2. The van der Waals surface area contributed by atoms with Gasteiger partial charge in [0.25, 0.3) is 0 Å². The van der Waals surface area contributed by atoms with Crippen LogP contribution in [0.1, 0.15) is 52.7 Å². The van der Waals surface area contributed by atoms with Crippen LogP contribution < -0.4 is 5.73 Å². The van der Waals surface area contributed by atoms with Crippen molar-refractivity contribution in [2.24, 2.45) is 0 Å². The number of hydrogen-bond donors (Lipinski definition) is 1. The summed E-state index contributed by atoms with van der Waals surface area (Å²) in [7, 11) is 0. The zero-order valence-corrected chi connectivity index (χ0v) is 28.1. The lowest BCUT2D eigenvalue weighted by Crippen LogP contribution is -2.16. The fourth-order valence-corrected chi connectivity index (χ4v) is 7.29. The van der Waals surface area contributed by atoms with Gasteiger partial charge in [0, 0.05) is 27.2 Å². The number of nitrogens with zero attached hydrogens (tertiary/aromatic N) is 2. The third-order valence-corrected chi connectivity index (χ3v) is 9.79. The van der Waals surface area contributed by atoms with Gasteiger partial charge in [-0.2, -0.15) is 0 Å². The second kappa shape index (κ2) is 10.4. The smallest absolute Gasteiger partial charge is 0.0699 e. The van der Waals surface area contributed by atoms with Gasteiger partial charge in [-0.15, -0.1) is 0 Å². The SMILES string of the molecule is CC(C)(C)c1cc(-c2cccc3c2c2c(N)c(-n4c5ccccc5c5ccccc54)ccc2n3-c2ccccc2)cc(C(C)(C)C)c1. The largest absolute Gasteiger partial charge is 0.396 e. The van der Waals surface area contributed by atoms with E-state index in [4.69, 9.17) is 5.73 Å². The quantitative estimate of drug-likeness (QED) is 0.198. The Morgan fingerprint density at radius 2 is 1.00 bits per heavy atom. The van der Waals surface area contributed by atoms with Crippen molar-refractivity contribution in [2.75, 3.05) is 5.73 Å². The minimum Gasteiger partial charge on any atom is -0.396 e. The van der Waals surface area contributed by atoms with Crippen LogP contribution in [0.5, 0.6) is 0 Å². The van der Waals surface area contributed by atoms with Crippen LogP contribution in [-0.2, 0) is 10.8 Å². The second-order valence-corrected chi connectivity index (χ2v) is 14.9. The standard InChI is InChI=1S/C44H41N3/c1-43(2,3)29-25-28(26-30(27-29)44(4,5)6)32-19-14-22-37-40(32)41-38(46(37)31-15-8-7-9-16-31)23-24-39(42(41)45)47-35-20-12-10-17-33(35)34-18-11-13-21-36(34)47/h7-27H,45H2,1-6H3. The van der Waals surface area contributed by atoms with E-state index in [2.05, 4.69) is 178 Å². The summed E-state index contributed by atoms with van der Waals surface area (Å²) >= 11 is 0. The summed E-state index contributed by atoms with van der Waals surface area (Å²) in [6.45, 7) is 13.8. The van der Waals surface area contributed by atoms with Crippen molar-refractivity contribution in [3.63, 3.8) is 0 Å². The molecule has 0 radical (unpaired) electrons. The molecule has 0 unspecified atom stereocenters. The highest BCUT2D eigenvalue weighted by atomic mass is 15.0. The molecule has 0 aliphatic carbocycles. The number of nitrogen functional groups attached to an aromatic ring is 1. The van der Waals surface area contributed by atoms with Crippen molar-refractivity contribution in [1.82, 2.24) is 9.13 Å². The Morgan fingerprint density at radius 3 is 1.60 bits per heavy atom. The van der Waals surface area contributed by atoms with Crippen molar-refractivity contribution in [3.05, 3.63) is 139 Å². The fraction of sp³-hybridized carbons (Fsp3) is 0.182. The molecule has 0 bridgehead atoms. The molecule has 0 spiro atoms. The predicted molar refractivity (Wildman–Crippen MR) is 202 cm³/mol. The molecule has 2 aromatic heterocycles. The third-order valence-electron chi connectivity index (χ3n) is 9.79. The molecule has 0 amide bonds. The van der Waals surface area contributed by atoms with Crippen molar-refractivity contribution < 1.29 is 0 Å². The molecule has 0 aliphatic heterocycles. The van der Waals surface area contributed by atoms with E-state index in [-0.39, 0.29) is 10.8 Å². The van der Waals surface area contributed by atoms with Crippen LogP contribution in [0.15, 0.2) is 127 Å². The van der Waals surface area contributed by atoms with Gasteiger partial charge >= 0.3 is 0 Å². The van der Waals surface area contributed by atoms with Gasteiger partial charge in [0.15, 0.2) is 0 Å². The van der Waals surface area contributed by atoms with Gasteiger partial charge in [-0.1, -0.05) is 126 Å². The van der Waals surface area contributed by atoms with Crippen LogP contribution in [0.4, 0.5) is 5.69 Å². The molecule has 0 fully saturated rings. The van der Waals surface area contributed by atoms with E-state index >= 15 is 0 Å². The van der Waals surface area contributed by atoms with Crippen molar-refractivity contribution in [3.8, 4) is 22.5 Å². The summed E-state index contributed by atoms with van der Waals surface area (Å²) in [5.74, 6) is 0. The van der Waals surface area contributed by atoms with Crippen LogP contribution in [0.25, 0.3) is 66.1 Å². The Kier molecular flexibility index (Phi) is 6.43. The van der Waals surface area contributed by atoms with E-state index in [0.717, 1.165) is 44.5 Å². The Bertz CT molecular complexity index is 2390. The summed E-state index contributed by atoms with van der Waals surface area (Å²) in [5, 5.41) is 4.71. The average Bonchev–Trinajstić information content (AvgIpc) is 3.58. The molecule has 8 aromatic rings. The van der Waals surface area contributed by atoms with Gasteiger partial charge in [-0.05, 0) is 75.5 Å². The summed E-state index contributed by atoms with van der Waals surface area (Å²) < 4.78 is 4.71. The van der Waals surface area contributed by atoms with E-state index in [1.54, 1.807) is 0 Å². The number of hydrogen-bond acceptors (Lipinski definition) is 1. The maximum Gasteiger partial charge on any atom is 0.0699 e. The van der Waals surface area contributed by atoms with Gasteiger partial charge in [0.2, 0.25) is 0 Å². The first kappa shape index (κ1) is 29.1. The highest BCUT2D eigenvalue weighted by molar-refractivity contribution is 6.21. The Balaban J connectivity index is 1.53. The van der Waals surface area contributed by atoms with E-state index in [1.807, 2.05) is 0 Å². The Morgan fingerprint density at radius 1 is 0.468 bits per heavy atom. The number of para-hydroxylation sites is 3. The van der Waals surface area contributed by atoms with Crippen LogP contribution in [0, 0.1) is 0 Å². The van der Waals surface area contributed by atoms with Crippen molar-refractivity contribution >= 4 is 49.3 Å². The number of nitrogens with two attached hydrogens (primary N) is 1. The monoisotopic (exact) mass is 611 g/mol. The molecule has 2 N–H and O–H groups in total. The van der Waals surface area contributed by atoms with Gasteiger partial charge in [-0.3, -0.25) is 0 Å². The number of anilines is 1. The van der Waals surface area contributed by atoms with Crippen LogP contribution in [0.2, 0.25) is 0 Å². The van der Waals surface area contributed by atoms with E-state index < -0.39 is 0 Å². The normalized spacial score (nSPS) is 12.6. The van der Waals surface area contributed by atoms with Crippen LogP contribution in [0.3, 0.4) is 0 Å². The van der Waals surface area contributed by atoms with Crippen molar-refractivity contribution in [1.29, 1.82) is 0 Å². The molecule has 3 heteroatoms. The minimum absolute atomic E-state index is 0.00464. The lowest BCUT2D eigenvalue weighted by molar-refractivity contribution is 0.569. The van der Waals surface area contributed by atoms with E-state index in [1.165, 1.54) is 38.4 Å². The highest BCUT2D eigenvalue weighted by Gasteiger charge is 2.25. The summed E-state index contributed by atoms with van der Waals surface area (Å²) in [6, 6.07) is 46.3.